The van der Waals surface area contributed by atoms with E-state index in [-0.39, 0.29) is 0 Å². The molecule has 5 heteroatoms. The molecule has 0 saturated heterocycles. The lowest BCUT2D eigenvalue weighted by Crippen LogP contribution is -1.94. The normalized spacial score (nSPS) is 9.92. The summed E-state index contributed by atoms with van der Waals surface area (Å²) in [7, 11) is 0. The summed E-state index contributed by atoms with van der Waals surface area (Å²) in [6, 6.07) is 1.62. The van der Waals surface area contributed by atoms with E-state index in [2.05, 4.69) is 0 Å². The average Bonchev–Trinajstić information content (AvgIpc) is 2.00. The fourth-order valence-corrected chi connectivity index (χ4v) is 0.851. The predicted molar refractivity (Wildman–Crippen MR) is 38.2 cm³/mol. The molecule has 1 aromatic rings. The molecule has 12 heavy (non-hydrogen) atoms. The summed E-state index contributed by atoms with van der Waals surface area (Å²) in [6.07, 6.45) is 0. The molecule has 0 aromatic heterocycles. The Morgan fingerprint density at radius 1 is 1.42 bits per heavy atom. The van der Waals surface area contributed by atoms with Gasteiger partial charge in [0.15, 0.2) is 11.6 Å². The Bertz CT molecular complexity index is 338. The van der Waals surface area contributed by atoms with Crippen LogP contribution in [0.25, 0.3) is 0 Å². The van der Waals surface area contributed by atoms with Crippen molar-refractivity contribution in [2.24, 2.45) is 0 Å². The van der Waals surface area contributed by atoms with Gasteiger partial charge in [-0.3, -0.25) is 4.79 Å². The van der Waals surface area contributed by atoms with Gasteiger partial charge in [0.2, 0.25) is 5.82 Å². The Balaban J connectivity index is 3.36. The van der Waals surface area contributed by atoms with Gasteiger partial charge in [-0.1, -0.05) is 0 Å². The molecular weight excluding hydrogens is 190 g/mol. The number of carbonyl (C=O) groups excluding carboxylic acids is 1. The molecule has 1 N–H and O–H groups in total. The van der Waals surface area contributed by atoms with Crippen LogP contribution in [-0.4, -0.2) is 10.3 Å². The highest BCUT2D eigenvalue weighted by atomic mass is 35.5. The molecule has 0 heterocycles. The molecule has 0 fully saturated rings. The molecule has 0 radical (unpaired) electrons. The average molecular weight is 193 g/mol. The van der Waals surface area contributed by atoms with Crippen LogP contribution in [-0.2, 0) is 0 Å². The molecule has 0 spiro atoms. The Hall–Kier alpha value is -1.16. The van der Waals surface area contributed by atoms with Crippen molar-refractivity contribution in [3.8, 4) is 5.75 Å². The maximum absolute atomic E-state index is 12.5. The van der Waals surface area contributed by atoms with Crippen molar-refractivity contribution in [3.05, 3.63) is 29.3 Å². The van der Waals surface area contributed by atoms with E-state index in [9.17, 15) is 13.6 Å². The number of rotatable bonds is 1. The van der Waals surface area contributed by atoms with Crippen molar-refractivity contribution in [1.29, 1.82) is 0 Å². The Morgan fingerprint density at radius 2 is 2.00 bits per heavy atom. The zero-order valence-electron chi connectivity index (χ0n) is 5.64. The minimum atomic E-state index is -1.47. The second-order valence-corrected chi connectivity index (χ2v) is 2.37. The molecule has 0 atom stereocenters. The monoisotopic (exact) mass is 192 g/mol. The number of phenolic OH excluding ortho intramolecular Hbond substituents is 1. The molecule has 0 saturated carbocycles. The van der Waals surface area contributed by atoms with E-state index in [1.54, 1.807) is 0 Å². The zero-order chi connectivity index (χ0) is 9.30. The van der Waals surface area contributed by atoms with Crippen LogP contribution < -0.4 is 0 Å². The summed E-state index contributed by atoms with van der Waals surface area (Å²) in [4.78, 5) is 10.4. The highest BCUT2D eigenvalue weighted by Gasteiger charge is 2.15. The number of benzene rings is 1. The smallest absolute Gasteiger partial charge is 0.256 e. The number of aromatic hydroxyl groups is 1. The quantitative estimate of drug-likeness (QED) is 0.692. The van der Waals surface area contributed by atoms with E-state index in [0.717, 1.165) is 6.07 Å². The van der Waals surface area contributed by atoms with Crippen molar-refractivity contribution in [2.45, 2.75) is 0 Å². The van der Waals surface area contributed by atoms with E-state index in [0.29, 0.717) is 6.07 Å². The third-order valence-electron chi connectivity index (χ3n) is 1.28. The summed E-state index contributed by atoms with van der Waals surface area (Å²) in [5.41, 5.74) is -0.449. The molecule has 0 aliphatic carbocycles. The molecular formula is C7H3ClF2O2. The van der Waals surface area contributed by atoms with Crippen LogP contribution in [0.1, 0.15) is 10.4 Å². The van der Waals surface area contributed by atoms with Gasteiger partial charge in [-0.25, -0.2) is 4.39 Å². The first kappa shape index (κ1) is 8.93. The molecule has 0 aliphatic rings. The van der Waals surface area contributed by atoms with Gasteiger partial charge in [0.1, 0.15) is 0 Å². The van der Waals surface area contributed by atoms with Crippen LogP contribution in [0.4, 0.5) is 8.78 Å². The van der Waals surface area contributed by atoms with Gasteiger partial charge >= 0.3 is 0 Å². The predicted octanol–water partition coefficient (Wildman–Crippen LogP) is 2.05. The Labute approximate surface area is 71.4 Å². The fourth-order valence-electron chi connectivity index (χ4n) is 0.699. The van der Waals surface area contributed by atoms with E-state index in [1.165, 1.54) is 0 Å². The van der Waals surface area contributed by atoms with Gasteiger partial charge in [-0.2, -0.15) is 4.39 Å². The van der Waals surface area contributed by atoms with Crippen molar-refractivity contribution >= 4 is 16.8 Å². The maximum atomic E-state index is 12.5. The summed E-state index contributed by atoms with van der Waals surface area (Å²) >= 11 is 4.94. The molecule has 1 aromatic carbocycles. The second kappa shape index (κ2) is 3.06. The van der Waals surface area contributed by atoms with E-state index < -0.39 is 28.2 Å². The van der Waals surface area contributed by atoms with Crippen molar-refractivity contribution < 1.29 is 18.7 Å². The maximum Gasteiger partial charge on any atom is 0.256 e. The third-order valence-corrected chi connectivity index (χ3v) is 1.48. The van der Waals surface area contributed by atoms with Gasteiger partial charge in [-0.15, -0.1) is 0 Å². The third kappa shape index (κ3) is 1.38. The summed E-state index contributed by atoms with van der Waals surface area (Å²) in [5, 5.41) is 7.79. The van der Waals surface area contributed by atoms with Crippen molar-refractivity contribution in [1.82, 2.24) is 0 Å². The Kier molecular flexibility index (Phi) is 2.28. The molecule has 0 amide bonds. The first-order valence-electron chi connectivity index (χ1n) is 2.91. The standard InChI is InChI=1S/C7H3ClF2O2/c8-7(12)3-1-2-4(9)5(10)6(3)11/h1-2,11H. The molecule has 1 rings (SSSR count). The van der Waals surface area contributed by atoms with E-state index in [4.69, 9.17) is 16.7 Å². The van der Waals surface area contributed by atoms with Gasteiger partial charge in [-0.05, 0) is 23.7 Å². The molecule has 0 bridgehead atoms. The number of carbonyl (C=O) groups is 1. The lowest BCUT2D eigenvalue weighted by molar-refractivity contribution is 0.107. The van der Waals surface area contributed by atoms with Crippen molar-refractivity contribution in [2.75, 3.05) is 0 Å². The van der Waals surface area contributed by atoms with Crippen LogP contribution in [0.15, 0.2) is 12.1 Å². The second-order valence-electron chi connectivity index (χ2n) is 2.03. The number of halogens is 3. The van der Waals surface area contributed by atoms with Crippen molar-refractivity contribution in [3.63, 3.8) is 0 Å². The van der Waals surface area contributed by atoms with Crippen LogP contribution >= 0.6 is 11.6 Å². The lowest BCUT2D eigenvalue weighted by atomic mass is 10.2. The highest BCUT2D eigenvalue weighted by Crippen LogP contribution is 2.24. The Morgan fingerprint density at radius 3 is 2.50 bits per heavy atom. The number of hydrogen-bond donors (Lipinski definition) is 1. The van der Waals surface area contributed by atoms with E-state index >= 15 is 0 Å². The van der Waals surface area contributed by atoms with Gasteiger partial charge in [0, 0.05) is 0 Å². The minimum Gasteiger partial charge on any atom is -0.504 e. The van der Waals surface area contributed by atoms with Crippen LogP contribution in [0.2, 0.25) is 0 Å². The molecule has 0 aliphatic heterocycles. The summed E-state index contributed by atoms with van der Waals surface area (Å²) in [6.45, 7) is 0. The number of hydrogen-bond acceptors (Lipinski definition) is 2. The van der Waals surface area contributed by atoms with E-state index in [1.807, 2.05) is 0 Å². The largest absolute Gasteiger partial charge is 0.504 e. The van der Waals surface area contributed by atoms with Gasteiger partial charge in [0.25, 0.3) is 5.24 Å². The van der Waals surface area contributed by atoms with Gasteiger partial charge in [0.05, 0.1) is 5.56 Å². The topological polar surface area (TPSA) is 37.3 Å². The van der Waals surface area contributed by atoms with Crippen LogP contribution in [0.5, 0.6) is 5.75 Å². The van der Waals surface area contributed by atoms with Crippen LogP contribution in [0.3, 0.4) is 0 Å². The first-order valence-corrected chi connectivity index (χ1v) is 3.28. The zero-order valence-corrected chi connectivity index (χ0v) is 6.40. The highest BCUT2D eigenvalue weighted by molar-refractivity contribution is 6.68. The molecule has 2 nitrogen and oxygen atoms in total. The number of phenols is 1. The first-order chi connectivity index (χ1) is 5.54. The fraction of sp³-hybridized carbons (Fsp3) is 0. The van der Waals surface area contributed by atoms with Gasteiger partial charge < -0.3 is 5.11 Å². The lowest BCUT2D eigenvalue weighted by Gasteiger charge is -1.99. The SMILES string of the molecule is O=C(Cl)c1ccc(F)c(F)c1O. The molecule has 64 valence electrons. The summed E-state index contributed by atoms with van der Waals surface area (Å²) in [5.74, 6) is -3.76. The molecule has 0 unspecified atom stereocenters. The minimum absolute atomic E-state index is 0.449. The van der Waals surface area contributed by atoms with Crippen LogP contribution in [0, 0.1) is 11.6 Å². The summed E-state index contributed by atoms with van der Waals surface area (Å²) < 4.78 is 24.8.